The van der Waals surface area contributed by atoms with Crippen molar-refractivity contribution in [3.8, 4) is 17.0 Å². The summed E-state index contributed by atoms with van der Waals surface area (Å²) in [5, 5.41) is 10.2. The standard InChI is InChI=1S/C18H15N3O2/c1-23-13-9-7-12(8-10-13)16-14-15(11-5-3-2-4-6-11)19-18(22)17(14)21-20-16/h2-10,15H,1H3,(H,19,22)(H,20,21). The van der Waals surface area contributed by atoms with Crippen LogP contribution in [0.2, 0.25) is 0 Å². The number of methoxy groups -OCH3 is 1. The van der Waals surface area contributed by atoms with E-state index in [1.165, 1.54) is 0 Å². The van der Waals surface area contributed by atoms with E-state index in [-0.39, 0.29) is 11.9 Å². The van der Waals surface area contributed by atoms with Crippen molar-refractivity contribution in [1.82, 2.24) is 15.5 Å². The predicted octanol–water partition coefficient (Wildman–Crippen LogP) is 2.92. The fraction of sp³-hybridized carbons (Fsp3) is 0.111. The number of carbonyl (C=O) groups is 1. The lowest BCUT2D eigenvalue weighted by molar-refractivity contribution is 0.0955. The van der Waals surface area contributed by atoms with Gasteiger partial charge in [0.05, 0.1) is 18.8 Å². The van der Waals surface area contributed by atoms with E-state index in [1.807, 2.05) is 54.6 Å². The summed E-state index contributed by atoms with van der Waals surface area (Å²) in [4.78, 5) is 12.2. The van der Waals surface area contributed by atoms with E-state index in [4.69, 9.17) is 4.74 Å². The van der Waals surface area contributed by atoms with E-state index in [0.29, 0.717) is 5.69 Å². The Morgan fingerprint density at radius 1 is 1.04 bits per heavy atom. The van der Waals surface area contributed by atoms with Gasteiger partial charge in [0.25, 0.3) is 5.91 Å². The Bertz CT molecular complexity index is 854. The fourth-order valence-corrected chi connectivity index (χ4v) is 2.94. The van der Waals surface area contributed by atoms with Gasteiger partial charge in [0.2, 0.25) is 0 Å². The van der Waals surface area contributed by atoms with Crippen LogP contribution in [0.3, 0.4) is 0 Å². The van der Waals surface area contributed by atoms with Crippen molar-refractivity contribution in [2.75, 3.05) is 7.11 Å². The number of fused-ring (bicyclic) bond motifs is 1. The lowest BCUT2D eigenvalue weighted by Gasteiger charge is -2.13. The monoisotopic (exact) mass is 305 g/mol. The van der Waals surface area contributed by atoms with E-state index in [2.05, 4.69) is 15.5 Å². The summed E-state index contributed by atoms with van der Waals surface area (Å²) >= 11 is 0. The Morgan fingerprint density at radius 3 is 2.48 bits per heavy atom. The number of aromatic amines is 1. The molecule has 0 fully saturated rings. The number of ether oxygens (including phenoxy) is 1. The molecule has 23 heavy (non-hydrogen) atoms. The van der Waals surface area contributed by atoms with E-state index < -0.39 is 0 Å². The molecule has 0 saturated heterocycles. The van der Waals surface area contributed by atoms with Crippen molar-refractivity contribution in [3.05, 3.63) is 71.4 Å². The largest absolute Gasteiger partial charge is 0.497 e. The summed E-state index contributed by atoms with van der Waals surface area (Å²) in [6.45, 7) is 0. The van der Waals surface area contributed by atoms with Crippen LogP contribution in [0.1, 0.15) is 27.7 Å². The molecule has 5 nitrogen and oxygen atoms in total. The second-order valence-electron chi connectivity index (χ2n) is 5.41. The molecule has 3 aromatic rings. The first kappa shape index (κ1) is 13.6. The van der Waals surface area contributed by atoms with E-state index in [1.54, 1.807) is 7.11 Å². The van der Waals surface area contributed by atoms with Crippen LogP contribution in [0.15, 0.2) is 54.6 Å². The van der Waals surface area contributed by atoms with Crippen molar-refractivity contribution in [3.63, 3.8) is 0 Å². The van der Waals surface area contributed by atoms with Gasteiger partial charge in [0.1, 0.15) is 11.4 Å². The number of nitrogens with one attached hydrogen (secondary N) is 2. The zero-order chi connectivity index (χ0) is 15.8. The van der Waals surface area contributed by atoms with Crippen molar-refractivity contribution in [2.45, 2.75) is 6.04 Å². The van der Waals surface area contributed by atoms with E-state index in [0.717, 1.165) is 28.1 Å². The highest BCUT2D eigenvalue weighted by Gasteiger charge is 2.35. The lowest BCUT2D eigenvalue weighted by Crippen LogP contribution is -2.21. The highest BCUT2D eigenvalue weighted by Crippen LogP contribution is 2.37. The fourth-order valence-electron chi connectivity index (χ4n) is 2.94. The maximum absolute atomic E-state index is 12.2. The predicted molar refractivity (Wildman–Crippen MR) is 86.3 cm³/mol. The van der Waals surface area contributed by atoms with Gasteiger partial charge in [-0.1, -0.05) is 30.3 Å². The quantitative estimate of drug-likeness (QED) is 0.782. The number of hydrogen-bond acceptors (Lipinski definition) is 3. The van der Waals surface area contributed by atoms with Crippen molar-refractivity contribution in [2.24, 2.45) is 0 Å². The minimum Gasteiger partial charge on any atom is -0.497 e. The van der Waals surface area contributed by atoms with Crippen LogP contribution in [-0.4, -0.2) is 23.2 Å². The third kappa shape index (κ3) is 2.17. The van der Waals surface area contributed by atoms with Gasteiger partial charge in [-0.15, -0.1) is 0 Å². The maximum Gasteiger partial charge on any atom is 0.270 e. The molecule has 1 unspecified atom stereocenters. The molecule has 0 radical (unpaired) electrons. The van der Waals surface area contributed by atoms with Gasteiger partial charge < -0.3 is 10.1 Å². The molecular formula is C18H15N3O2. The molecule has 1 aromatic heterocycles. The minimum absolute atomic E-state index is 0.124. The Hall–Kier alpha value is -3.08. The van der Waals surface area contributed by atoms with Crippen LogP contribution < -0.4 is 10.1 Å². The SMILES string of the molecule is COc1ccc(-c2n[nH]c3c2C(c2ccccc2)NC3=O)cc1. The zero-order valence-corrected chi connectivity index (χ0v) is 12.5. The summed E-state index contributed by atoms with van der Waals surface area (Å²) in [6.07, 6.45) is 0. The van der Waals surface area contributed by atoms with Gasteiger partial charge in [-0.05, 0) is 29.8 Å². The number of rotatable bonds is 3. The molecule has 0 aliphatic carbocycles. The molecule has 2 N–H and O–H groups in total. The molecule has 1 aliphatic rings. The number of H-pyrrole nitrogens is 1. The molecule has 0 bridgehead atoms. The van der Waals surface area contributed by atoms with E-state index in [9.17, 15) is 4.79 Å². The Morgan fingerprint density at radius 2 is 1.78 bits per heavy atom. The number of benzene rings is 2. The van der Waals surface area contributed by atoms with Crippen LogP contribution in [0, 0.1) is 0 Å². The smallest absolute Gasteiger partial charge is 0.270 e. The lowest BCUT2D eigenvalue weighted by atomic mass is 9.97. The maximum atomic E-state index is 12.2. The first-order chi connectivity index (χ1) is 11.3. The van der Waals surface area contributed by atoms with Gasteiger partial charge in [-0.2, -0.15) is 5.10 Å². The number of carbonyl (C=O) groups excluding carboxylic acids is 1. The molecule has 114 valence electrons. The second-order valence-corrected chi connectivity index (χ2v) is 5.41. The van der Waals surface area contributed by atoms with Gasteiger partial charge in [0.15, 0.2) is 0 Å². The molecule has 0 saturated carbocycles. The third-order valence-electron chi connectivity index (χ3n) is 4.09. The van der Waals surface area contributed by atoms with Crippen LogP contribution in [0.5, 0.6) is 5.75 Å². The second kappa shape index (κ2) is 5.28. The number of hydrogen-bond donors (Lipinski definition) is 2. The molecule has 1 amide bonds. The molecule has 1 atom stereocenters. The molecule has 4 rings (SSSR count). The van der Waals surface area contributed by atoms with Gasteiger partial charge >= 0.3 is 0 Å². The summed E-state index contributed by atoms with van der Waals surface area (Å²) in [5.74, 6) is 0.663. The number of amides is 1. The van der Waals surface area contributed by atoms with Crippen LogP contribution in [0.4, 0.5) is 0 Å². The summed E-state index contributed by atoms with van der Waals surface area (Å²) < 4.78 is 5.19. The Balaban J connectivity index is 1.82. The van der Waals surface area contributed by atoms with Gasteiger partial charge in [0, 0.05) is 11.1 Å². The normalized spacial score (nSPS) is 16.0. The molecular weight excluding hydrogens is 290 g/mol. The average molecular weight is 305 g/mol. The average Bonchev–Trinajstić information content (AvgIpc) is 3.17. The molecule has 2 aromatic carbocycles. The molecule has 0 spiro atoms. The van der Waals surface area contributed by atoms with E-state index >= 15 is 0 Å². The van der Waals surface area contributed by atoms with Crippen LogP contribution in [-0.2, 0) is 0 Å². The van der Waals surface area contributed by atoms with Crippen molar-refractivity contribution in [1.29, 1.82) is 0 Å². The van der Waals surface area contributed by atoms with Crippen LogP contribution >= 0.6 is 0 Å². The summed E-state index contributed by atoms with van der Waals surface area (Å²) in [5.41, 5.74) is 4.20. The van der Waals surface area contributed by atoms with Crippen molar-refractivity contribution < 1.29 is 9.53 Å². The third-order valence-corrected chi connectivity index (χ3v) is 4.09. The summed E-state index contributed by atoms with van der Waals surface area (Å²) in [6, 6.07) is 17.4. The zero-order valence-electron chi connectivity index (χ0n) is 12.5. The Kier molecular flexibility index (Phi) is 3.12. The molecule has 1 aliphatic heterocycles. The Labute approximate surface area is 133 Å². The highest BCUT2D eigenvalue weighted by atomic mass is 16.5. The highest BCUT2D eigenvalue weighted by molar-refractivity contribution is 6.00. The van der Waals surface area contributed by atoms with Gasteiger partial charge in [-0.3, -0.25) is 9.89 Å². The molecule has 2 heterocycles. The number of nitrogens with zero attached hydrogens (tertiary/aromatic N) is 1. The topological polar surface area (TPSA) is 67.0 Å². The van der Waals surface area contributed by atoms with Gasteiger partial charge in [-0.25, -0.2) is 0 Å². The molecule has 5 heteroatoms. The first-order valence-corrected chi connectivity index (χ1v) is 7.36. The van der Waals surface area contributed by atoms with Crippen LogP contribution in [0.25, 0.3) is 11.3 Å². The minimum atomic E-state index is -0.186. The first-order valence-electron chi connectivity index (χ1n) is 7.36. The number of aromatic nitrogens is 2. The van der Waals surface area contributed by atoms with Crippen molar-refractivity contribution >= 4 is 5.91 Å². The summed E-state index contributed by atoms with van der Waals surface area (Å²) in [7, 11) is 1.63.